The SMILES string of the molecule is CCCCCN(OCCCCCO)OCCCCCO. The number of aliphatic hydroxyl groups is 2. The maximum absolute atomic E-state index is 8.71. The second kappa shape index (κ2) is 16.9. The zero-order valence-corrected chi connectivity index (χ0v) is 13.1. The van der Waals surface area contributed by atoms with Crippen LogP contribution < -0.4 is 0 Å². The van der Waals surface area contributed by atoms with Gasteiger partial charge in [-0.1, -0.05) is 25.0 Å². The highest BCUT2D eigenvalue weighted by Crippen LogP contribution is 2.04. The molecule has 0 aliphatic rings. The van der Waals surface area contributed by atoms with Crippen LogP contribution in [-0.4, -0.2) is 48.4 Å². The lowest BCUT2D eigenvalue weighted by Gasteiger charge is -2.21. The summed E-state index contributed by atoms with van der Waals surface area (Å²) in [7, 11) is 0. The van der Waals surface area contributed by atoms with Crippen molar-refractivity contribution in [3.8, 4) is 0 Å². The highest BCUT2D eigenvalue weighted by atomic mass is 16.9. The van der Waals surface area contributed by atoms with Gasteiger partial charge in [0.25, 0.3) is 0 Å². The summed E-state index contributed by atoms with van der Waals surface area (Å²) >= 11 is 0. The van der Waals surface area contributed by atoms with Crippen molar-refractivity contribution in [2.75, 3.05) is 33.0 Å². The first-order chi connectivity index (χ1) is 9.85. The van der Waals surface area contributed by atoms with E-state index in [9.17, 15) is 0 Å². The molecule has 5 heteroatoms. The van der Waals surface area contributed by atoms with Gasteiger partial charge >= 0.3 is 0 Å². The van der Waals surface area contributed by atoms with Crippen molar-refractivity contribution in [2.24, 2.45) is 0 Å². The maximum Gasteiger partial charge on any atom is 0.0711 e. The van der Waals surface area contributed by atoms with Crippen LogP contribution in [0.1, 0.15) is 64.7 Å². The summed E-state index contributed by atoms with van der Waals surface area (Å²) in [5, 5.41) is 19.0. The van der Waals surface area contributed by atoms with E-state index in [0.717, 1.165) is 51.5 Å². The molecule has 0 fully saturated rings. The summed E-state index contributed by atoms with van der Waals surface area (Å²) in [6.07, 6.45) is 8.95. The number of nitrogens with zero attached hydrogens (tertiary/aromatic N) is 1. The monoisotopic (exact) mass is 291 g/mol. The summed E-state index contributed by atoms with van der Waals surface area (Å²) in [4.78, 5) is 11.2. The Morgan fingerprint density at radius 1 is 0.700 bits per heavy atom. The quantitative estimate of drug-likeness (QED) is 0.338. The fourth-order valence-electron chi connectivity index (χ4n) is 1.77. The van der Waals surface area contributed by atoms with Crippen LogP contribution in [0.5, 0.6) is 0 Å². The Bertz CT molecular complexity index is 167. The Morgan fingerprint density at radius 2 is 1.25 bits per heavy atom. The number of unbranched alkanes of at least 4 members (excludes halogenated alkanes) is 6. The van der Waals surface area contributed by atoms with Crippen LogP contribution in [0.15, 0.2) is 0 Å². The molecule has 0 amide bonds. The Hall–Kier alpha value is -0.200. The lowest BCUT2D eigenvalue weighted by Crippen LogP contribution is -2.27. The Labute approximate surface area is 123 Å². The van der Waals surface area contributed by atoms with Crippen LogP contribution in [0.25, 0.3) is 0 Å². The number of hydrogen-bond donors (Lipinski definition) is 2. The second-order valence-corrected chi connectivity index (χ2v) is 5.00. The van der Waals surface area contributed by atoms with Crippen LogP contribution >= 0.6 is 0 Å². The summed E-state index contributed by atoms with van der Waals surface area (Å²) < 4.78 is 0. The minimum Gasteiger partial charge on any atom is -0.396 e. The number of aliphatic hydroxyl groups excluding tert-OH is 2. The van der Waals surface area contributed by atoms with E-state index in [1.807, 2.05) is 0 Å². The van der Waals surface area contributed by atoms with Gasteiger partial charge in [-0.15, -0.1) is 0 Å². The van der Waals surface area contributed by atoms with Crippen LogP contribution in [0.4, 0.5) is 0 Å². The fourth-order valence-corrected chi connectivity index (χ4v) is 1.77. The van der Waals surface area contributed by atoms with Crippen LogP contribution in [0, 0.1) is 0 Å². The smallest absolute Gasteiger partial charge is 0.0711 e. The Kier molecular flexibility index (Phi) is 16.7. The Morgan fingerprint density at radius 3 is 1.70 bits per heavy atom. The van der Waals surface area contributed by atoms with E-state index in [-0.39, 0.29) is 13.2 Å². The van der Waals surface area contributed by atoms with E-state index in [2.05, 4.69) is 6.92 Å². The predicted octanol–water partition coefficient (Wildman–Crippen LogP) is 2.67. The topological polar surface area (TPSA) is 62.2 Å². The first-order valence-corrected chi connectivity index (χ1v) is 8.10. The molecule has 0 unspecified atom stereocenters. The molecule has 0 radical (unpaired) electrons. The summed E-state index contributed by atoms with van der Waals surface area (Å²) in [6, 6.07) is 0. The van der Waals surface area contributed by atoms with E-state index < -0.39 is 0 Å². The first kappa shape index (κ1) is 19.8. The molecule has 5 nitrogen and oxygen atoms in total. The molecule has 0 bridgehead atoms. The van der Waals surface area contributed by atoms with Crippen molar-refractivity contribution in [3.05, 3.63) is 0 Å². The molecule has 0 heterocycles. The molecule has 0 aromatic heterocycles. The minimum atomic E-state index is 0.252. The fraction of sp³-hybridized carbons (Fsp3) is 1.00. The highest BCUT2D eigenvalue weighted by molar-refractivity contribution is 4.42. The van der Waals surface area contributed by atoms with Gasteiger partial charge < -0.3 is 10.2 Å². The van der Waals surface area contributed by atoms with Crippen molar-refractivity contribution in [1.29, 1.82) is 0 Å². The number of hydrogen-bond acceptors (Lipinski definition) is 5. The van der Waals surface area contributed by atoms with Crippen molar-refractivity contribution in [2.45, 2.75) is 64.7 Å². The molecule has 0 rings (SSSR count). The van der Waals surface area contributed by atoms with E-state index in [4.69, 9.17) is 19.9 Å². The van der Waals surface area contributed by atoms with Crippen molar-refractivity contribution in [1.82, 2.24) is 5.23 Å². The van der Waals surface area contributed by atoms with Crippen molar-refractivity contribution in [3.63, 3.8) is 0 Å². The predicted molar refractivity (Wildman–Crippen MR) is 80.0 cm³/mol. The van der Waals surface area contributed by atoms with E-state index in [1.165, 1.54) is 12.8 Å². The molecule has 2 N–H and O–H groups in total. The maximum atomic E-state index is 8.71. The third-order valence-electron chi connectivity index (χ3n) is 3.02. The van der Waals surface area contributed by atoms with Crippen molar-refractivity contribution < 1.29 is 19.9 Å². The minimum absolute atomic E-state index is 0.252. The van der Waals surface area contributed by atoms with Gasteiger partial charge in [-0.25, -0.2) is 0 Å². The van der Waals surface area contributed by atoms with Gasteiger partial charge in [-0.3, -0.25) is 9.68 Å². The van der Waals surface area contributed by atoms with Gasteiger partial charge in [-0.05, 0) is 44.9 Å². The van der Waals surface area contributed by atoms with Gasteiger partial charge in [0.1, 0.15) is 0 Å². The molecule has 0 aromatic carbocycles. The Balaban J connectivity index is 3.64. The molecular weight excluding hydrogens is 258 g/mol. The molecule has 0 atom stereocenters. The zero-order chi connectivity index (χ0) is 14.9. The second-order valence-electron chi connectivity index (χ2n) is 5.00. The van der Waals surface area contributed by atoms with Crippen LogP contribution in [0.3, 0.4) is 0 Å². The molecule has 0 saturated carbocycles. The van der Waals surface area contributed by atoms with E-state index >= 15 is 0 Å². The lowest BCUT2D eigenvalue weighted by atomic mass is 10.2. The average Bonchev–Trinajstić information content (AvgIpc) is 2.46. The van der Waals surface area contributed by atoms with Crippen LogP contribution in [-0.2, 0) is 9.68 Å². The summed E-state index contributed by atoms with van der Waals surface area (Å²) in [5.41, 5.74) is 0. The third-order valence-corrected chi connectivity index (χ3v) is 3.02. The molecule has 0 aliphatic carbocycles. The first-order valence-electron chi connectivity index (χ1n) is 8.10. The van der Waals surface area contributed by atoms with Crippen molar-refractivity contribution >= 4 is 0 Å². The molecule has 122 valence electrons. The van der Waals surface area contributed by atoms with Gasteiger partial charge in [0, 0.05) is 13.2 Å². The number of rotatable bonds is 16. The van der Waals surface area contributed by atoms with Gasteiger partial charge in [-0.2, -0.15) is 0 Å². The van der Waals surface area contributed by atoms with Crippen LogP contribution in [0.2, 0.25) is 0 Å². The molecule has 20 heavy (non-hydrogen) atoms. The lowest BCUT2D eigenvalue weighted by molar-refractivity contribution is -0.369. The average molecular weight is 291 g/mol. The van der Waals surface area contributed by atoms with E-state index in [0.29, 0.717) is 13.2 Å². The summed E-state index contributed by atoms with van der Waals surface area (Å²) in [5.74, 6) is 0. The van der Waals surface area contributed by atoms with E-state index in [1.54, 1.807) is 5.23 Å². The van der Waals surface area contributed by atoms with Gasteiger partial charge in [0.2, 0.25) is 0 Å². The molecule has 0 aromatic rings. The summed E-state index contributed by atoms with van der Waals surface area (Å²) in [6.45, 7) is 4.76. The third kappa shape index (κ3) is 14.2. The largest absolute Gasteiger partial charge is 0.396 e. The zero-order valence-electron chi connectivity index (χ0n) is 13.1. The highest BCUT2D eigenvalue weighted by Gasteiger charge is 2.05. The molecule has 0 aliphatic heterocycles. The molecule has 0 saturated heterocycles. The number of hydroxylamine groups is 2. The normalized spacial score (nSPS) is 11.4. The standard InChI is InChI=1S/C15H33NO4/c1-2-3-6-11-16(19-14-9-4-7-12-17)20-15-10-5-8-13-18/h17-18H,2-15H2,1H3. The van der Waals surface area contributed by atoms with Gasteiger partial charge in [0.05, 0.1) is 19.8 Å². The molecule has 0 spiro atoms. The molecular formula is C15H33NO4. The van der Waals surface area contributed by atoms with Gasteiger partial charge in [0.15, 0.2) is 0 Å².